The standard InChI is InChI=1S/C17H12BrN5OS/c18-14-6-7-15(24-9-8-19)13(10-14)11-20-23-16(21-22-17(23)25)12-4-2-1-3-5-12/h1-7,10-11H,9H2,(H,22,25)/b20-11-. The van der Waals surface area contributed by atoms with Crippen LogP contribution in [0.3, 0.4) is 0 Å². The topological polar surface area (TPSA) is 79.0 Å². The molecular weight excluding hydrogens is 402 g/mol. The van der Waals surface area contributed by atoms with Crippen molar-refractivity contribution in [2.75, 3.05) is 6.61 Å². The van der Waals surface area contributed by atoms with E-state index >= 15 is 0 Å². The second-order valence-corrected chi connectivity index (χ2v) is 6.21. The second kappa shape index (κ2) is 7.88. The number of nitriles is 1. The Morgan fingerprint density at radius 3 is 2.88 bits per heavy atom. The lowest BCUT2D eigenvalue weighted by Gasteiger charge is -2.06. The first-order valence-electron chi connectivity index (χ1n) is 7.25. The fourth-order valence-corrected chi connectivity index (χ4v) is 2.71. The second-order valence-electron chi connectivity index (χ2n) is 4.90. The third-order valence-corrected chi connectivity index (χ3v) is 4.02. The number of aromatic amines is 1. The Morgan fingerprint density at radius 2 is 2.12 bits per heavy atom. The Morgan fingerprint density at radius 1 is 1.32 bits per heavy atom. The molecule has 0 bridgehead atoms. The van der Waals surface area contributed by atoms with Crippen LogP contribution in [0.2, 0.25) is 0 Å². The van der Waals surface area contributed by atoms with Gasteiger partial charge < -0.3 is 4.74 Å². The van der Waals surface area contributed by atoms with Crippen molar-refractivity contribution in [3.63, 3.8) is 0 Å². The van der Waals surface area contributed by atoms with Crippen LogP contribution in [-0.4, -0.2) is 27.7 Å². The third kappa shape index (κ3) is 4.02. The van der Waals surface area contributed by atoms with E-state index in [-0.39, 0.29) is 6.61 Å². The third-order valence-electron chi connectivity index (χ3n) is 3.26. The van der Waals surface area contributed by atoms with Gasteiger partial charge in [0.15, 0.2) is 12.4 Å². The molecule has 2 aromatic carbocycles. The van der Waals surface area contributed by atoms with Gasteiger partial charge in [0.2, 0.25) is 4.77 Å². The zero-order valence-corrected chi connectivity index (χ0v) is 15.3. The zero-order valence-electron chi connectivity index (χ0n) is 12.9. The molecule has 0 saturated carbocycles. The molecule has 0 atom stereocenters. The van der Waals surface area contributed by atoms with E-state index in [1.54, 1.807) is 17.0 Å². The van der Waals surface area contributed by atoms with E-state index in [0.29, 0.717) is 21.9 Å². The smallest absolute Gasteiger partial charge is 0.216 e. The number of nitrogens with zero attached hydrogens (tertiary/aromatic N) is 4. The van der Waals surface area contributed by atoms with Gasteiger partial charge in [-0.2, -0.15) is 20.1 Å². The van der Waals surface area contributed by atoms with Gasteiger partial charge in [-0.15, -0.1) is 0 Å². The van der Waals surface area contributed by atoms with Crippen molar-refractivity contribution < 1.29 is 4.74 Å². The maximum atomic E-state index is 8.70. The van der Waals surface area contributed by atoms with Crippen LogP contribution >= 0.6 is 28.1 Å². The number of rotatable bonds is 5. The summed E-state index contributed by atoms with van der Waals surface area (Å²) in [6.45, 7) is -0.0388. The van der Waals surface area contributed by atoms with E-state index in [1.165, 1.54) is 0 Å². The molecule has 3 rings (SSSR count). The minimum Gasteiger partial charge on any atom is -0.478 e. The molecule has 25 heavy (non-hydrogen) atoms. The largest absolute Gasteiger partial charge is 0.478 e. The summed E-state index contributed by atoms with van der Waals surface area (Å²) in [7, 11) is 0. The average Bonchev–Trinajstić information content (AvgIpc) is 3.00. The normalized spacial score (nSPS) is 10.7. The predicted octanol–water partition coefficient (Wildman–Crippen LogP) is 4.15. The van der Waals surface area contributed by atoms with Crippen molar-refractivity contribution >= 4 is 34.4 Å². The Balaban J connectivity index is 1.99. The van der Waals surface area contributed by atoms with Crippen LogP contribution < -0.4 is 4.74 Å². The fraction of sp³-hybridized carbons (Fsp3) is 0.0588. The fourth-order valence-electron chi connectivity index (χ4n) is 2.15. The Bertz CT molecular complexity index is 1000. The molecule has 0 fully saturated rings. The van der Waals surface area contributed by atoms with E-state index in [2.05, 4.69) is 31.2 Å². The molecule has 0 amide bonds. The quantitative estimate of drug-likeness (QED) is 0.503. The molecule has 0 unspecified atom stereocenters. The van der Waals surface area contributed by atoms with Crippen molar-refractivity contribution in [2.45, 2.75) is 0 Å². The van der Waals surface area contributed by atoms with Gasteiger partial charge in [-0.1, -0.05) is 46.3 Å². The highest BCUT2D eigenvalue weighted by Crippen LogP contribution is 2.22. The first kappa shape index (κ1) is 17.1. The molecule has 6 nitrogen and oxygen atoms in total. The maximum absolute atomic E-state index is 8.70. The van der Waals surface area contributed by atoms with Crippen molar-refractivity contribution in [1.29, 1.82) is 5.26 Å². The lowest BCUT2D eigenvalue weighted by molar-refractivity contribution is 0.367. The van der Waals surface area contributed by atoms with Gasteiger partial charge >= 0.3 is 0 Å². The van der Waals surface area contributed by atoms with Crippen molar-refractivity contribution in [3.8, 4) is 23.2 Å². The van der Waals surface area contributed by atoms with Gasteiger partial charge in [0.1, 0.15) is 11.8 Å². The van der Waals surface area contributed by atoms with E-state index in [1.807, 2.05) is 48.5 Å². The van der Waals surface area contributed by atoms with Crippen molar-refractivity contribution in [2.24, 2.45) is 5.10 Å². The van der Waals surface area contributed by atoms with Gasteiger partial charge in [-0.3, -0.25) is 0 Å². The minimum absolute atomic E-state index is 0.0388. The summed E-state index contributed by atoms with van der Waals surface area (Å²) >= 11 is 8.69. The molecule has 3 aromatic rings. The van der Waals surface area contributed by atoms with Crippen LogP contribution in [0.1, 0.15) is 5.56 Å². The molecule has 0 aliphatic carbocycles. The number of benzene rings is 2. The van der Waals surface area contributed by atoms with E-state index < -0.39 is 0 Å². The highest BCUT2D eigenvalue weighted by Gasteiger charge is 2.08. The highest BCUT2D eigenvalue weighted by atomic mass is 79.9. The first-order chi connectivity index (χ1) is 12.2. The monoisotopic (exact) mass is 413 g/mol. The van der Waals surface area contributed by atoms with Crippen LogP contribution in [0.15, 0.2) is 58.1 Å². The van der Waals surface area contributed by atoms with Crippen LogP contribution in [0.25, 0.3) is 11.4 Å². The van der Waals surface area contributed by atoms with Gasteiger partial charge in [-0.05, 0) is 30.4 Å². The van der Waals surface area contributed by atoms with Crippen LogP contribution in [0.5, 0.6) is 5.75 Å². The Hall–Kier alpha value is -2.76. The summed E-state index contributed by atoms with van der Waals surface area (Å²) < 4.78 is 8.22. The summed E-state index contributed by atoms with van der Waals surface area (Å²) in [6.07, 6.45) is 1.62. The minimum atomic E-state index is -0.0388. The Kier molecular flexibility index (Phi) is 5.38. The van der Waals surface area contributed by atoms with E-state index in [0.717, 1.165) is 10.0 Å². The SMILES string of the molecule is N#CCOc1ccc(Br)cc1/C=N\n1c(-c2ccccc2)n[nH]c1=S. The summed E-state index contributed by atoms with van der Waals surface area (Å²) in [5.74, 6) is 1.17. The van der Waals surface area contributed by atoms with Crippen molar-refractivity contribution in [3.05, 3.63) is 63.3 Å². The van der Waals surface area contributed by atoms with Gasteiger partial charge in [0.05, 0.1) is 6.21 Å². The molecule has 1 aromatic heterocycles. The zero-order chi connectivity index (χ0) is 17.6. The van der Waals surface area contributed by atoms with Crippen LogP contribution in [0.4, 0.5) is 0 Å². The number of halogens is 1. The summed E-state index contributed by atoms with van der Waals surface area (Å²) in [6, 6.07) is 17.0. The summed E-state index contributed by atoms with van der Waals surface area (Å²) in [5.41, 5.74) is 1.61. The molecule has 0 aliphatic heterocycles. The summed E-state index contributed by atoms with van der Waals surface area (Å²) in [5, 5.41) is 20.1. The van der Waals surface area contributed by atoms with Gasteiger partial charge in [0, 0.05) is 15.6 Å². The molecule has 0 spiro atoms. The molecule has 0 aliphatic rings. The predicted molar refractivity (Wildman–Crippen MR) is 101 cm³/mol. The maximum Gasteiger partial charge on any atom is 0.216 e. The first-order valence-corrected chi connectivity index (χ1v) is 8.45. The molecule has 1 N–H and O–H groups in total. The molecule has 124 valence electrons. The van der Waals surface area contributed by atoms with E-state index in [4.69, 9.17) is 22.2 Å². The van der Waals surface area contributed by atoms with Crippen molar-refractivity contribution in [1.82, 2.24) is 14.9 Å². The molecular formula is C17H12BrN5OS. The number of nitrogens with one attached hydrogen (secondary N) is 1. The molecule has 1 heterocycles. The number of aromatic nitrogens is 3. The lowest BCUT2D eigenvalue weighted by Crippen LogP contribution is -1.99. The molecule has 0 radical (unpaired) electrons. The lowest BCUT2D eigenvalue weighted by atomic mass is 10.2. The number of hydrogen-bond donors (Lipinski definition) is 1. The molecule has 0 saturated heterocycles. The molecule has 8 heteroatoms. The number of ether oxygens (including phenoxy) is 1. The summed E-state index contributed by atoms with van der Waals surface area (Å²) in [4.78, 5) is 0. The van der Waals surface area contributed by atoms with Crippen LogP contribution in [-0.2, 0) is 0 Å². The average molecular weight is 414 g/mol. The highest BCUT2D eigenvalue weighted by molar-refractivity contribution is 9.10. The van der Waals surface area contributed by atoms with E-state index in [9.17, 15) is 0 Å². The van der Waals surface area contributed by atoms with Gasteiger partial charge in [0.25, 0.3) is 0 Å². The number of hydrogen-bond acceptors (Lipinski definition) is 5. The Labute approximate surface area is 157 Å². The van der Waals surface area contributed by atoms with Gasteiger partial charge in [-0.25, -0.2) is 5.10 Å². The number of H-pyrrole nitrogens is 1. The van der Waals surface area contributed by atoms with Crippen LogP contribution in [0, 0.1) is 16.1 Å².